The van der Waals surface area contributed by atoms with Gasteiger partial charge in [0.2, 0.25) is 5.95 Å². The Bertz CT molecular complexity index is 1720. The molecule has 2 aromatic carbocycles. The van der Waals surface area contributed by atoms with Gasteiger partial charge in [-0.15, -0.1) is 0 Å². The van der Waals surface area contributed by atoms with Gasteiger partial charge in [0.05, 0.1) is 36.2 Å². The van der Waals surface area contributed by atoms with Crippen LogP contribution in [0.4, 0.5) is 32.3 Å². The van der Waals surface area contributed by atoms with Crippen molar-refractivity contribution in [3.8, 4) is 16.9 Å². The Labute approximate surface area is 226 Å². The van der Waals surface area contributed by atoms with Gasteiger partial charge in [0.25, 0.3) is 5.91 Å². The Morgan fingerprint density at radius 2 is 1.85 bits per heavy atom. The molecule has 3 aliphatic rings. The third kappa shape index (κ3) is 3.82. The summed E-state index contributed by atoms with van der Waals surface area (Å²) in [6.45, 7) is -4.57. The average molecular weight is 576 g/mol. The molecule has 1 amide bonds. The van der Waals surface area contributed by atoms with Crippen molar-refractivity contribution in [1.29, 1.82) is 0 Å². The lowest BCUT2D eigenvalue weighted by Gasteiger charge is -2.46. The lowest BCUT2D eigenvalue weighted by molar-refractivity contribution is -0.267. The molecule has 2 aromatic heterocycles. The van der Waals surface area contributed by atoms with Crippen LogP contribution >= 0.6 is 0 Å². The summed E-state index contributed by atoms with van der Waals surface area (Å²) in [7, 11) is 0. The number of carbonyl (C=O) groups is 1. The molecule has 1 fully saturated rings. The molecule has 0 saturated carbocycles. The number of benzene rings is 2. The maximum absolute atomic E-state index is 15.3. The van der Waals surface area contributed by atoms with Gasteiger partial charge < -0.3 is 24.6 Å². The van der Waals surface area contributed by atoms with Gasteiger partial charge in [-0.25, -0.2) is 19.3 Å². The maximum Gasteiger partial charge on any atom is 0.420 e. The number of β-amino-alcohol motifs (C(OH)–C–C–N with tert-alkyl or cyclic N) is 1. The highest BCUT2D eigenvalue weighted by molar-refractivity contribution is 5.98. The van der Waals surface area contributed by atoms with Crippen LogP contribution in [0.3, 0.4) is 0 Å². The Kier molecular flexibility index (Phi) is 5.33. The van der Waals surface area contributed by atoms with Crippen molar-refractivity contribution in [1.82, 2.24) is 24.8 Å². The van der Waals surface area contributed by atoms with Crippen LogP contribution in [0.5, 0.6) is 5.75 Å². The lowest BCUT2D eigenvalue weighted by Crippen LogP contribution is -2.69. The van der Waals surface area contributed by atoms with Crippen molar-refractivity contribution in [2.45, 2.75) is 36.9 Å². The number of fused-ring (bicyclic) bond motifs is 9. The number of aliphatic hydroxyl groups is 1. The monoisotopic (exact) mass is 576 g/mol. The van der Waals surface area contributed by atoms with E-state index in [1.807, 2.05) is 0 Å². The van der Waals surface area contributed by atoms with Crippen LogP contribution in [0.2, 0.25) is 0 Å². The van der Waals surface area contributed by atoms with Crippen molar-refractivity contribution in [3.63, 3.8) is 0 Å². The maximum atomic E-state index is 15.3. The number of anilines is 1. The number of hydrogen-bond donors (Lipinski definition) is 2. The molecule has 41 heavy (non-hydrogen) atoms. The molecule has 15 heteroatoms. The normalized spacial score (nSPS) is 20.9. The molecule has 7 rings (SSSR count). The molecule has 2 bridgehead atoms. The molecule has 3 aliphatic heterocycles. The molecule has 9 nitrogen and oxygen atoms in total. The minimum Gasteiger partial charge on any atom is -0.434 e. The summed E-state index contributed by atoms with van der Waals surface area (Å²) in [4.78, 5) is 26.7. The minimum absolute atomic E-state index is 0.0571. The summed E-state index contributed by atoms with van der Waals surface area (Å²) in [6.07, 6.45) is -1.97. The predicted molar refractivity (Wildman–Crippen MR) is 130 cm³/mol. The summed E-state index contributed by atoms with van der Waals surface area (Å²) in [5.41, 5.74) is -1.38. The molecule has 0 aliphatic carbocycles. The highest BCUT2D eigenvalue weighted by atomic mass is 19.4. The number of amides is 1. The largest absolute Gasteiger partial charge is 0.434 e. The van der Waals surface area contributed by atoms with Crippen LogP contribution in [0.15, 0.2) is 42.7 Å². The van der Waals surface area contributed by atoms with E-state index >= 15 is 4.39 Å². The van der Waals surface area contributed by atoms with Gasteiger partial charge in [-0.05, 0) is 24.6 Å². The highest BCUT2D eigenvalue weighted by Gasteiger charge is 2.61. The van der Waals surface area contributed by atoms with E-state index in [4.69, 9.17) is 4.74 Å². The molecule has 4 aromatic rings. The fourth-order valence-electron chi connectivity index (χ4n) is 5.78. The molecule has 212 valence electrons. The second kappa shape index (κ2) is 8.55. The van der Waals surface area contributed by atoms with Crippen LogP contribution in [-0.2, 0) is 0 Å². The van der Waals surface area contributed by atoms with E-state index in [0.29, 0.717) is 17.8 Å². The van der Waals surface area contributed by atoms with Crippen LogP contribution in [-0.4, -0.2) is 62.0 Å². The molecular formula is C26H18F6N6O3. The van der Waals surface area contributed by atoms with Crippen LogP contribution in [0.25, 0.3) is 22.2 Å². The van der Waals surface area contributed by atoms with Gasteiger partial charge >= 0.3 is 12.8 Å². The molecule has 2 atom stereocenters. The molecule has 0 spiro atoms. The number of ether oxygens (including phenoxy) is 1. The van der Waals surface area contributed by atoms with Crippen LogP contribution < -0.4 is 15.0 Å². The van der Waals surface area contributed by atoms with Crippen molar-refractivity contribution < 1.29 is 41.0 Å². The zero-order valence-electron chi connectivity index (χ0n) is 20.7. The van der Waals surface area contributed by atoms with E-state index in [9.17, 15) is 31.9 Å². The Morgan fingerprint density at radius 3 is 2.54 bits per heavy atom. The first-order chi connectivity index (χ1) is 19.4. The Balaban J connectivity index is 1.27. The van der Waals surface area contributed by atoms with Crippen molar-refractivity contribution in [2.24, 2.45) is 0 Å². The van der Waals surface area contributed by atoms with Crippen LogP contribution in [0, 0.1) is 5.82 Å². The van der Waals surface area contributed by atoms with Crippen molar-refractivity contribution >= 4 is 22.9 Å². The Hall–Kier alpha value is -4.40. The van der Waals surface area contributed by atoms with Gasteiger partial charge in [-0.2, -0.15) is 22.0 Å². The van der Waals surface area contributed by atoms with Gasteiger partial charge in [0.15, 0.2) is 5.60 Å². The van der Waals surface area contributed by atoms with Gasteiger partial charge in [-0.3, -0.25) is 4.79 Å². The number of nitrogens with one attached hydrogen (secondary N) is 1. The zero-order chi connectivity index (χ0) is 28.8. The number of rotatable bonds is 4. The lowest BCUT2D eigenvalue weighted by atomic mass is 9.94. The number of imidazole rings is 1. The van der Waals surface area contributed by atoms with Crippen LogP contribution in [0.1, 0.15) is 40.3 Å². The number of halogens is 6. The zero-order valence-corrected chi connectivity index (χ0v) is 20.7. The van der Waals surface area contributed by atoms with Gasteiger partial charge in [0.1, 0.15) is 17.4 Å². The van der Waals surface area contributed by atoms with E-state index in [-0.39, 0.29) is 39.5 Å². The second-order valence-corrected chi connectivity index (χ2v) is 10.2. The quantitative estimate of drug-likeness (QED) is 0.352. The first-order valence-electron chi connectivity index (χ1n) is 12.4. The Morgan fingerprint density at radius 1 is 1.12 bits per heavy atom. The summed E-state index contributed by atoms with van der Waals surface area (Å²) in [6, 6.07) is 5.82. The van der Waals surface area contributed by atoms with Crippen molar-refractivity contribution in [3.05, 3.63) is 65.5 Å². The summed E-state index contributed by atoms with van der Waals surface area (Å²) >= 11 is 0. The molecule has 0 unspecified atom stereocenters. The number of aromatic nitrogens is 4. The van der Waals surface area contributed by atoms with Gasteiger partial charge in [-0.1, -0.05) is 6.07 Å². The average Bonchev–Trinajstić information content (AvgIpc) is 3.37. The minimum atomic E-state index is -4.79. The van der Waals surface area contributed by atoms with E-state index in [1.165, 1.54) is 42.7 Å². The van der Waals surface area contributed by atoms with E-state index in [0.717, 1.165) is 4.90 Å². The number of carbonyl (C=O) groups excluding carboxylic acids is 1. The number of nitrogens with zero attached hydrogens (tertiary/aromatic N) is 5. The number of alkyl halides is 5. The topological polar surface area (TPSA) is 105 Å². The van der Waals surface area contributed by atoms with Crippen molar-refractivity contribution in [2.75, 3.05) is 18.0 Å². The standard InChI is InChI=1S/C26H18F6N6O3/c27-14-5-15-17(4-13(14)11-7-33-24(34-8-11)37-9-25(40,10-37)26(30,31)32)38-18-6-16(21(38)35-15)36-22(39)12-2-1-3-19(20(12)18)41-23(28)29/h1-5,7-8,16,18,23,40H,6,9-10H2,(H,36,39)/t16-,18-/m1/s1. The SMILES string of the molecule is O=C1N[C@@H]2C[C@H](c3c(OC(F)F)cccc31)n1c2nc2cc(F)c(-c3cnc(N4CC(O)(C(F)(F)F)C4)nc3)cc21. The molecule has 1 saturated heterocycles. The van der Waals surface area contributed by atoms with Gasteiger partial charge in [0, 0.05) is 40.7 Å². The van der Waals surface area contributed by atoms with E-state index in [2.05, 4.69) is 20.3 Å². The predicted octanol–water partition coefficient (Wildman–Crippen LogP) is 4.12. The van der Waals surface area contributed by atoms with E-state index in [1.54, 1.807) is 4.57 Å². The first-order valence-corrected chi connectivity index (χ1v) is 12.4. The molecule has 0 radical (unpaired) electrons. The summed E-state index contributed by atoms with van der Waals surface area (Å²) in [5.74, 6) is -0.921. The molecule has 2 N–H and O–H groups in total. The smallest absolute Gasteiger partial charge is 0.420 e. The third-order valence-electron chi connectivity index (χ3n) is 7.72. The fraction of sp³-hybridized carbons (Fsp3) is 0.308. The second-order valence-electron chi connectivity index (χ2n) is 10.2. The molecule has 5 heterocycles. The highest BCUT2D eigenvalue weighted by Crippen LogP contribution is 2.48. The third-order valence-corrected chi connectivity index (χ3v) is 7.72. The first kappa shape index (κ1) is 25.6. The summed E-state index contributed by atoms with van der Waals surface area (Å²) < 4.78 is 87.1. The number of hydrogen-bond acceptors (Lipinski definition) is 7. The molecular weight excluding hydrogens is 558 g/mol. The summed E-state index contributed by atoms with van der Waals surface area (Å²) in [5, 5.41) is 12.5. The van der Waals surface area contributed by atoms with E-state index < -0.39 is 55.3 Å². The fourth-order valence-corrected chi connectivity index (χ4v) is 5.78.